The molecule has 2 aliphatic rings. The Labute approximate surface area is 160 Å². The van der Waals surface area contributed by atoms with Crippen LogP contribution in [0.25, 0.3) is 10.9 Å². The van der Waals surface area contributed by atoms with E-state index in [9.17, 15) is 9.90 Å². The summed E-state index contributed by atoms with van der Waals surface area (Å²) in [6, 6.07) is 6.04. The van der Waals surface area contributed by atoms with Crippen LogP contribution in [0.5, 0.6) is 0 Å². The van der Waals surface area contributed by atoms with Crippen LogP contribution in [0.2, 0.25) is 5.02 Å². The first-order valence-electron chi connectivity index (χ1n) is 9.24. The van der Waals surface area contributed by atoms with Gasteiger partial charge in [-0.05, 0) is 55.7 Å². The number of halogens is 1. The van der Waals surface area contributed by atoms with Crippen molar-refractivity contribution in [2.45, 2.75) is 70.4 Å². The van der Waals surface area contributed by atoms with Crippen LogP contribution in [0.1, 0.15) is 64.4 Å². The Balaban J connectivity index is 0.00000196. The normalized spacial score (nSPS) is 26.4. The average Bonchev–Trinajstić information content (AvgIpc) is 3.00. The minimum absolute atomic E-state index is 0. The lowest BCUT2D eigenvalue weighted by atomic mass is 9.76. The molecule has 0 spiro atoms. The second kappa shape index (κ2) is 7.24. The quantitative estimate of drug-likeness (QED) is 0.803. The van der Waals surface area contributed by atoms with Crippen molar-refractivity contribution in [3.05, 3.63) is 35.0 Å². The molecule has 1 aliphatic heterocycles. The zero-order valence-electron chi connectivity index (χ0n) is 14.6. The summed E-state index contributed by atoms with van der Waals surface area (Å²) in [5, 5.41) is 12.3. The third-order valence-corrected chi connectivity index (χ3v) is 6.39. The minimum Gasteiger partial charge on any atom is -0.390 e. The van der Waals surface area contributed by atoms with Gasteiger partial charge in [0, 0.05) is 36.1 Å². The van der Waals surface area contributed by atoms with Crippen LogP contribution in [0.4, 0.5) is 0 Å². The number of piperidine rings is 1. The van der Waals surface area contributed by atoms with Crippen molar-refractivity contribution < 1.29 is 9.90 Å². The second-order valence-electron chi connectivity index (χ2n) is 7.82. The summed E-state index contributed by atoms with van der Waals surface area (Å²) in [5.41, 5.74) is 1.58. The van der Waals surface area contributed by atoms with Gasteiger partial charge in [0.1, 0.15) is 0 Å². The molecule has 2 N–H and O–H groups in total. The number of aromatic amines is 1. The zero-order chi connectivity index (χ0) is 17.6. The molecule has 2 heterocycles. The molecule has 142 valence electrons. The van der Waals surface area contributed by atoms with Crippen molar-refractivity contribution >= 4 is 28.4 Å². The maximum absolute atomic E-state index is 12.9. The van der Waals surface area contributed by atoms with Gasteiger partial charge in [-0.25, -0.2) is 0 Å². The topological polar surface area (TPSA) is 56.3 Å². The molecule has 1 aromatic heterocycles. The third kappa shape index (κ3) is 3.37. The molecule has 26 heavy (non-hydrogen) atoms. The first kappa shape index (κ1) is 19.2. The van der Waals surface area contributed by atoms with E-state index in [1.165, 1.54) is 0 Å². The molecular weight excluding hydrogens is 348 g/mol. The summed E-state index contributed by atoms with van der Waals surface area (Å²) >= 11 is 6.37. The zero-order valence-corrected chi connectivity index (χ0v) is 15.4. The van der Waals surface area contributed by atoms with Crippen molar-refractivity contribution in [3.63, 3.8) is 0 Å². The van der Waals surface area contributed by atoms with Gasteiger partial charge < -0.3 is 15.0 Å². The molecule has 0 radical (unpaired) electrons. The monoisotopic (exact) mass is 376 g/mol. The third-order valence-electron chi connectivity index (χ3n) is 6.07. The predicted octanol–water partition coefficient (Wildman–Crippen LogP) is 4.86. The number of fused-ring (bicyclic) bond motifs is 3. The molecule has 2 fully saturated rings. The molecule has 1 amide bonds. The van der Waals surface area contributed by atoms with E-state index in [2.05, 4.69) is 11.9 Å². The highest BCUT2D eigenvalue weighted by Gasteiger charge is 2.42. The highest BCUT2D eigenvalue weighted by atomic mass is 35.5. The summed E-state index contributed by atoms with van der Waals surface area (Å²) in [6.07, 6.45) is 6.82. The van der Waals surface area contributed by atoms with Crippen LogP contribution >= 0.6 is 11.6 Å². The van der Waals surface area contributed by atoms with E-state index in [0.717, 1.165) is 47.2 Å². The smallest absolute Gasteiger partial charge is 0.223 e. The van der Waals surface area contributed by atoms with E-state index < -0.39 is 5.60 Å². The second-order valence-corrected chi connectivity index (χ2v) is 8.23. The van der Waals surface area contributed by atoms with Crippen molar-refractivity contribution in [2.75, 3.05) is 6.54 Å². The molecule has 3 unspecified atom stereocenters. The van der Waals surface area contributed by atoms with Crippen LogP contribution in [0, 0.1) is 0 Å². The van der Waals surface area contributed by atoms with E-state index in [0.29, 0.717) is 19.4 Å². The average molecular weight is 377 g/mol. The Morgan fingerprint density at radius 2 is 2.27 bits per heavy atom. The van der Waals surface area contributed by atoms with Crippen LogP contribution in [-0.2, 0) is 4.79 Å². The lowest BCUT2D eigenvalue weighted by molar-refractivity contribution is -0.144. The molecule has 2 bridgehead atoms. The number of hydrogen-bond donors (Lipinski definition) is 2. The number of H-pyrrole nitrogens is 1. The van der Waals surface area contributed by atoms with Crippen LogP contribution < -0.4 is 0 Å². The highest BCUT2D eigenvalue weighted by Crippen LogP contribution is 2.39. The molecular formula is C21H29ClN2O2. The number of carbonyl (C=O) groups is 1. The van der Waals surface area contributed by atoms with Gasteiger partial charge in [0.05, 0.1) is 10.6 Å². The van der Waals surface area contributed by atoms with Crippen molar-refractivity contribution in [3.8, 4) is 0 Å². The Morgan fingerprint density at radius 3 is 3.08 bits per heavy atom. The summed E-state index contributed by atoms with van der Waals surface area (Å²) in [4.78, 5) is 18.2. The van der Waals surface area contributed by atoms with Crippen molar-refractivity contribution in [2.24, 2.45) is 0 Å². The van der Waals surface area contributed by atoms with Gasteiger partial charge >= 0.3 is 0 Å². The Hall–Kier alpha value is -1.52. The number of benzene rings is 1. The van der Waals surface area contributed by atoms with E-state index in [1.807, 2.05) is 29.3 Å². The lowest BCUT2D eigenvalue weighted by Gasteiger charge is -2.48. The molecule has 4 rings (SSSR count). The van der Waals surface area contributed by atoms with Gasteiger partial charge in [-0.15, -0.1) is 0 Å². The standard InChI is InChI=1S/C20H25ClN2O2.CH4/c1-13(15-12-22-17-6-2-5-16(21)19(15)17)10-18(24)23-9-8-20(25)7-3-4-14(23)11-20;/h2,5-6,12-14,22,25H,3-4,7-11H2,1H3;1H4. The highest BCUT2D eigenvalue weighted by molar-refractivity contribution is 6.35. The Kier molecular flexibility index (Phi) is 5.36. The summed E-state index contributed by atoms with van der Waals surface area (Å²) in [7, 11) is 0. The van der Waals surface area contributed by atoms with Gasteiger partial charge in [0.15, 0.2) is 0 Å². The van der Waals surface area contributed by atoms with Crippen LogP contribution in [-0.4, -0.2) is 39.1 Å². The van der Waals surface area contributed by atoms with Crippen molar-refractivity contribution in [1.82, 2.24) is 9.88 Å². The molecule has 3 atom stereocenters. The maximum atomic E-state index is 12.9. The number of nitrogens with one attached hydrogen (secondary N) is 1. The number of rotatable bonds is 3. The number of carbonyl (C=O) groups excluding carboxylic acids is 1. The fourth-order valence-electron chi connectivity index (χ4n) is 4.69. The Morgan fingerprint density at radius 1 is 1.46 bits per heavy atom. The summed E-state index contributed by atoms with van der Waals surface area (Å²) < 4.78 is 0. The van der Waals surface area contributed by atoms with Gasteiger partial charge in [0.2, 0.25) is 5.91 Å². The first-order valence-corrected chi connectivity index (χ1v) is 9.62. The molecule has 1 aliphatic carbocycles. The van der Waals surface area contributed by atoms with Gasteiger partial charge in [-0.2, -0.15) is 0 Å². The number of aliphatic hydroxyl groups is 1. The van der Waals surface area contributed by atoms with Crippen LogP contribution in [0.15, 0.2) is 24.4 Å². The SMILES string of the molecule is C.CC(CC(=O)N1CCC2(O)CCCC1C2)c1c[nH]c2cccc(Cl)c12. The maximum Gasteiger partial charge on any atom is 0.223 e. The Bertz CT molecular complexity index is 802. The molecule has 1 saturated carbocycles. The van der Waals surface area contributed by atoms with Gasteiger partial charge in [0.25, 0.3) is 0 Å². The number of hydrogen-bond acceptors (Lipinski definition) is 2. The molecule has 1 saturated heterocycles. The number of amides is 1. The molecule has 5 heteroatoms. The van der Waals surface area contributed by atoms with E-state index in [4.69, 9.17) is 11.6 Å². The van der Waals surface area contributed by atoms with Gasteiger partial charge in [-0.3, -0.25) is 4.79 Å². The fraction of sp³-hybridized carbons (Fsp3) is 0.571. The number of likely N-dealkylation sites (tertiary alicyclic amines) is 1. The predicted molar refractivity (Wildman–Crippen MR) is 107 cm³/mol. The summed E-state index contributed by atoms with van der Waals surface area (Å²) in [6.45, 7) is 2.77. The largest absolute Gasteiger partial charge is 0.390 e. The first-order chi connectivity index (χ1) is 12.0. The van der Waals surface area contributed by atoms with Crippen molar-refractivity contribution in [1.29, 1.82) is 0 Å². The number of aromatic nitrogens is 1. The fourth-order valence-corrected chi connectivity index (χ4v) is 4.97. The number of nitrogens with zero attached hydrogens (tertiary/aromatic N) is 1. The van der Waals surface area contributed by atoms with E-state index in [1.54, 1.807) is 0 Å². The summed E-state index contributed by atoms with van der Waals surface area (Å²) in [5.74, 6) is 0.299. The van der Waals surface area contributed by atoms with Gasteiger partial charge in [-0.1, -0.05) is 32.0 Å². The molecule has 1 aromatic carbocycles. The van der Waals surface area contributed by atoms with E-state index >= 15 is 0 Å². The molecule has 4 nitrogen and oxygen atoms in total. The lowest BCUT2D eigenvalue weighted by Crippen LogP contribution is -2.55. The molecule has 2 aromatic rings. The van der Waals surface area contributed by atoms with E-state index in [-0.39, 0.29) is 25.3 Å². The van der Waals surface area contributed by atoms with Crippen LogP contribution in [0.3, 0.4) is 0 Å². The minimum atomic E-state index is -0.532.